The maximum atomic E-state index is 13.2. The Morgan fingerprint density at radius 2 is 1.55 bits per heavy atom. The van der Waals surface area contributed by atoms with Crippen molar-refractivity contribution < 1.29 is 14.7 Å². The van der Waals surface area contributed by atoms with Crippen LogP contribution in [0, 0.1) is 0 Å². The number of carbonyl (C=O) groups is 2. The van der Waals surface area contributed by atoms with Gasteiger partial charge in [0.1, 0.15) is 0 Å². The molecule has 1 aliphatic carbocycles. The summed E-state index contributed by atoms with van der Waals surface area (Å²) in [5.74, 6) is -1.39. The Balaban J connectivity index is 0.000000273. The van der Waals surface area contributed by atoms with E-state index in [1.807, 2.05) is 13.0 Å². The summed E-state index contributed by atoms with van der Waals surface area (Å²) in [5.41, 5.74) is 8.73. The van der Waals surface area contributed by atoms with E-state index in [0.717, 1.165) is 49.2 Å². The summed E-state index contributed by atoms with van der Waals surface area (Å²) in [6.45, 7) is 4.08. The maximum Gasteiger partial charge on any atom is 0.336 e. The van der Waals surface area contributed by atoms with Crippen molar-refractivity contribution in [3.8, 4) is 0 Å². The SMILES string of the molecule is CC1=C(N(C)C(=O)c2ccccc2C(=O)O)/C(=C/N2CCc3ccccc32)CC1.c1ccc2c(c1)CCN2. The molecule has 6 heteroatoms. The number of nitrogens with one attached hydrogen (secondary N) is 1. The number of allylic oxidation sites excluding steroid dienone is 2. The van der Waals surface area contributed by atoms with Gasteiger partial charge >= 0.3 is 5.97 Å². The molecule has 2 N–H and O–H groups in total. The van der Waals surface area contributed by atoms with Gasteiger partial charge in [-0.3, -0.25) is 4.79 Å². The number of fused-ring (bicyclic) bond motifs is 2. The van der Waals surface area contributed by atoms with Crippen molar-refractivity contribution in [2.24, 2.45) is 0 Å². The highest BCUT2D eigenvalue weighted by atomic mass is 16.4. The quantitative estimate of drug-likeness (QED) is 0.445. The van der Waals surface area contributed by atoms with Crippen LogP contribution in [0.3, 0.4) is 0 Å². The molecule has 1 amide bonds. The lowest BCUT2D eigenvalue weighted by Crippen LogP contribution is -2.29. The highest BCUT2D eigenvalue weighted by Gasteiger charge is 2.28. The van der Waals surface area contributed by atoms with Crippen LogP contribution in [-0.2, 0) is 12.8 Å². The summed E-state index contributed by atoms with van der Waals surface area (Å²) in [6.07, 6.45) is 6.13. The van der Waals surface area contributed by atoms with Gasteiger partial charge in [0.2, 0.25) is 0 Å². The van der Waals surface area contributed by atoms with Gasteiger partial charge in [0.25, 0.3) is 5.91 Å². The maximum absolute atomic E-state index is 13.2. The lowest BCUT2D eigenvalue weighted by molar-refractivity contribution is 0.0686. The third-order valence-electron chi connectivity index (χ3n) is 7.47. The molecule has 3 aliphatic rings. The number of carboxylic acid groups (broad SMARTS) is 1. The minimum atomic E-state index is -1.09. The number of hydrogen-bond acceptors (Lipinski definition) is 4. The summed E-state index contributed by atoms with van der Waals surface area (Å²) in [4.78, 5) is 28.6. The zero-order chi connectivity index (χ0) is 26.6. The largest absolute Gasteiger partial charge is 0.478 e. The summed E-state index contributed by atoms with van der Waals surface area (Å²) >= 11 is 0. The summed E-state index contributed by atoms with van der Waals surface area (Å²) in [5, 5.41) is 12.7. The zero-order valence-corrected chi connectivity index (χ0v) is 21.9. The Morgan fingerprint density at radius 1 is 0.868 bits per heavy atom. The van der Waals surface area contributed by atoms with Crippen LogP contribution in [0.4, 0.5) is 11.4 Å². The second-order valence-electron chi connectivity index (χ2n) is 9.90. The number of rotatable bonds is 4. The first kappa shape index (κ1) is 25.3. The molecule has 0 aromatic heterocycles. The van der Waals surface area contributed by atoms with E-state index in [0.29, 0.717) is 0 Å². The van der Waals surface area contributed by atoms with Gasteiger partial charge in [-0.2, -0.15) is 0 Å². The molecular weight excluding hydrogens is 474 g/mol. The molecule has 0 atom stereocenters. The lowest BCUT2D eigenvalue weighted by atomic mass is 10.1. The fraction of sp³-hybridized carbons (Fsp3) is 0.250. The standard InChI is InChI=1S/C24H24N2O3.C8H9N/c1-16-11-12-18(15-26-14-13-17-7-3-6-10-21(17)26)22(16)25(2)23(27)19-8-4-5-9-20(19)24(28)29;1-2-4-8-7(3-1)5-6-9-8/h3-10,15H,11-14H2,1-2H3,(H,28,29);1-4,9H,5-6H2/b18-15+;. The minimum Gasteiger partial charge on any atom is -0.478 e. The van der Waals surface area contributed by atoms with Gasteiger partial charge in [-0.25, -0.2) is 4.79 Å². The van der Waals surface area contributed by atoms with Crippen molar-refractivity contribution in [1.82, 2.24) is 4.90 Å². The Kier molecular flexibility index (Phi) is 7.31. The average molecular weight is 508 g/mol. The molecule has 0 bridgehead atoms. The van der Waals surface area contributed by atoms with Crippen LogP contribution in [-0.4, -0.2) is 42.0 Å². The van der Waals surface area contributed by atoms with Crippen LogP contribution in [0.5, 0.6) is 0 Å². The van der Waals surface area contributed by atoms with Crippen molar-refractivity contribution >= 4 is 23.3 Å². The predicted octanol–water partition coefficient (Wildman–Crippen LogP) is 6.13. The van der Waals surface area contributed by atoms with Crippen LogP contribution in [0.1, 0.15) is 51.6 Å². The molecule has 0 fully saturated rings. The predicted molar refractivity (Wildman–Crippen MR) is 152 cm³/mol. The third kappa shape index (κ3) is 5.07. The van der Waals surface area contributed by atoms with E-state index < -0.39 is 5.97 Å². The lowest BCUT2D eigenvalue weighted by Gasteiger charge is -2.24. The molecule has 0 unspecified atom stereocenters. The second-order valence-corrected chi connectivity index (χ2v) is 9.90. The van der Waals surface area contributed by atoms with Crippen LogP contribution < -0.4 is 10.2 Å². The topological polar surface area (TPSA) is 72.9 Å². The molecule has 3 aromatic rings. The molecule has 2 aliphatic heterocycles. The van der Waals surface area contributed by atoms with E-state index in [1.165, 1.54) is 35.0 Å². The monoisotopic (exact) mass is 507 g/mol. The van der Waals surface area contributed by atoms with Crippen LogP contribution in [0.2, 0.25) is 0 Å². The fourth-order valence-corrected chi connectivity index (χ4v) is 5.53. The first-order chi connectivity index (χ1) is 18.4. The average Bonchev–Trinajstić information content (AvgIpc) is 3.67. The van der Waals surface area contributed by atoms with Crippen LogP contribution in [0.15, 0.2) is 95.8 Å². The molecule has 0 spiro atoms. The van der Waals surface area contributed by atoms with Crippen molar-refractivity contribution in [3.05, 3.63) is 118 Å². The van der Waals surface area contributed by atoms with Crippen LogP contribution in [0.25, 0.3) is 0 Å². The highest BCUT2D eigenvalue weighted by Crippen LogP contribution is 2.36. The summed E-state index contributed by atoms with van der Waals surface area (Å²) in [7, 11) is 1.73. The number of carboxylic acids is 1. The van der Waals surface area contributed by atoms with E-state index >= 15 is 0 Å². The first-order valence-corrected chi connectivity index (χ1v) is 13.1. The molecule has 6 rings (SSSR count). The number of para-hydroxylation sites is 2. The molecular formula is C32H33N3O3. The van der Waals surface area contributed by atoms with Gasteiger partial charge in [-0.15, -0.1) is 0 Å². The molecule has 0 saturated carbocycles. The van der Waals surface area contributed by atoms with Crippen molar-refractivity contribution in [3.63, 3.8) is 0 Å². The number of carbonyl (C=O) groups excluding carboxylic acids is 1. The summed E-state index contributed by atoms with van der Waals surface area (Å²) < 4.78 is 0. The first-order valence-electron chi connectivity index (χ1n) is 13.1. The van der Waals surface area contributed by atoms with Gasteiger partial charge in [-0.1, -0.05) is 48.5 Å². The number of amides is 1. The third-order valence-corrected chi connectivity index (χ3v) is 7.47. The number of nitrogens with zero attached hydrogens (tertiary/aromatic N) is 2. The van der Waals surface area contributed by atoms with Gasteiger partial charge < -0.3 is 20.2 Å². The molecule has 0 saturated heterocycles. The normalized spacial score (nSPS) is 16.5. The number of aromatic carboxylic acids is 1. The Morgan fingerprint density at radius 3 is 2.32 bits per heavy atom. The van der Waals surface area contributed by atoms with Gasteiger partial charge in [-0.05, 0) is 79.1 Å². The second kappa shape index (κ2) is 11.0. The minimum absolute atomic E-state index is 0.0274. The molecule has 3 aromatic carbocycles. The molecule has 0 radical (unpaired) electrons. The van der Waals surface area contributed by atoms with Gasteiger partial charge in [0, 0.05) is 43.4 Å². The number of likely N-dealkylation sites (N-methyl/N-ethyl adjacent to an activating group) is 1. The van der Waals surface area contributed by atoms with Crippen LogP contribution >= 0.6 is 0 Å². The zero-order valence-electron chi connectivity index (χ0n) is 21.9. The van der Waals surface area contributed by atoms with E-state index in [9.17, 15) is 14.7 Å². The van der Waals surface area contributed by atoms with Gasteiger partial charge in [0.15, 0.2) is 0 Å². The van der Waals surface area contributed by atoms with Crippen molar-refractivity contribution in [2.45, 2.75) is 32.6 Å². The van der Waals surface area contributed by atoms with E-state index in [-0.39, 0.29) is 17.0 Å². The molecule has 194 valence electrons. The fourth-order valence-electron chi connectivity index (χ4n) is 5.53. The van der Waals surface area contributed by atoms with Gasteiger partial charge in [0.05, 0.1) is 11.1 Å². The van der Waals surface area contributed by atoms with E-state index in [2.05, 4.69) is 58.9 Å². The number of anilines is 2. The number of hydrogen-bond donors (Lipinski definition) is 2. The Labute approximate surface area is 223 Å². The van der Waals surface area contributed by atoms with E-state index in [1.54, 1.807) is 30.1 Å². The van der Waals surface area contributed by atoms with E-state index in [4.69, 9.17) is 0 Å². The Bertz CT molecular complexity index is 1420. The van der Waals surface area contributed by atoms with Crippen molar-refractivity contribution in [1.29, 1.82) is 0 Å². The molecule has 6 nitrogen and oxygen atoms in total. The number of benzene rings is 3. The highest BCUT2D eigenvalue weighted by molar-refractivity contribution is 6.05. The summed E-state index contributed by atoms with van der Waals surface area (Å²) in [6, 6.07) is 23.2. The molecule has 38 heavy (non-hydrogen) atoms. The Hall–Kier alpha value is -4.32. The molecule has 2 heterocycles. The van der Waals surface area contributed by atoms with Crippen molar-refractivity contribution in [2.75, 3.05) is 30.4 Å². The smallest absolute Gasteiger partial charge is 0.336 e.